The lowest BCUT2D eigenvalue weighted by atomic mass is 10.1. The van der Waals surface area contributed by atoms with Crippen molar-refractivity contribution in [1.82, 2.24) is 4.31 Å². The highest BCUT2D eigenvalue weighted by atomic mass is 32.2. The van der Waals surface area contributed by atoms with Crippen LogP contribution in [0.2, 0.25) is 0 Å². The minimum Gasteiger partial charge on any atom is -0.374 e. The average molecular weight is 616 g/mol. The maximum atomic E-state index is 14.2. The highest BCUT2D eigenvalue weighted by Crippen LogP contribution is 2.35. The van der Waals surface area contributed by atoms with E-state index in [2.05, 4.69) is 0 Å². The van der Waals surface area contributed by atoms with Crippen LogP contribution in [0.4, 0.5) is 0 Å². The maximum absolute atomic E-state index is 14.2. The predicted molar refractivity (Wildman–Crippen MR) is 170 cm³/mol. The molecule has 0 N–H and O–H groups in total. The molecule has 0 radical (unpaired) electrons. The Morgan fingerprint density at radius 2 is 1.16 bits per heavy atom. The van der Waals surface area contributed by atoms with Crippen LogP contribution in [0.15, 0.2) is 120 Å². The number of hydrogen-bond acceptors (Lipinski definition) is 6. The molecule has 1 fully saturated rings. The van der Waals surface area contributed by atoms with Crippen molar-refractivity contribution >= 4 is 10.0 Å². The fourth-order valence-electron chi connectivity index (χ4n) is 5.37. The minimum atomic E-state index is -3.96. The molecule has 0 bridgehead atoms. The van der Waals surface area contributed by atoms with E-state index >= 15 is 0 Å². The van der Waals surface area contributed by atoms with Crippen LogP contribution in [0.1, 0.15) is 36.1 Å². The Bertz CT molecular complexity index is 1530. The smallest absolute Gasteiger partial charge is 0.245 e. The molecule has 0 aromatic heterocycles. The predicted octanol–water partition coefficient (Wildman–Crippen LogP) is 6.51. The van der Waals surface area contributed by atoms with Crippen LogP contribution >= 0.6 is 0 Å². The fourth-order valence-corrected chi connectivity index (χ4v) is 7.09. The maximum Gasteiger partial charge on any atom is 0.245 e. The van der Waals surface area contributed by atoms with Crippen LogP contribution in [-0.2, 0) is 48.8 Å². The highest BCUT2D eigenvalue weighted by molar-refractivity contribution is 7.89. The first-order valence-electron chi connectivity index (χ1n) is 15.0. The van der Waals surface area contributed by atoms with E-state index in [1.807, 2.05) is 112 Å². The summed E-state index contributed by atoms with van der Waals surface area (Å²) in [4.78, 5) is 0.202. The Hall–Kier alpha value is -3.37. The monoisotopic (exact) mass is 615 g/mol. The molecule has 1 heterocycles. The van der Waals surface area contributed by atoms with E-state index in [1.54, 1.807) is 24.3 Å². The Balaban J connectivity index is 1.47. The summed E-state index contributed by atoms with van der Waals surface area (Å²) in [6, 6.07) is 36.1. The molecule has 0 aliphatic carbocycles. The molecule has 4 aromatic carbocycles. The molecule has 1 aliphatic rings. The summed E-state index contributed by atoms with van der Waals surface area (Å²) in [5.74, 6) is 0. The van der Waals surface area contributed by atoms with Crippen LogP contribution in [0.5, 0.6) is 0 Å². The summed E-state index contributed by atoms with van der Waals surface area (Å²) in [7, 11) is -3.96. The van der Waals surface area contributed by atoms with Gasteiger partial charge in [0.1, 0.15) is 18.3 Å². The molecule has 4 aromatic rings. The van der Waals surface area contributed by atoms with Crippen LogP contribution in [0.25, 0.3) is 0 Å². The van der Waals surface area contributed by atoms with E-state index < -0.39 is 40.6 Å². The standard InChI is InChI=1S/C36H41NO6S/c1-27(2)37(44(38,39)32-21-19-28(3)20-22-32)36-35(42-25-31-17-11-6-12-18-31)34(41-24-30-15-9-5-10-16-30)33(43-36)26-40-23-29-13-7-4-8-14-29/h4-22,27,33-36H,23-26H2,1-3H3/t33-,34-,35-,36+/m1/s1. The van der Waals surface area contributed by atoms with E-state index in [0.29, 0.717) is 13.2 Å². The molecule has 0 spiro atoms. The second-order valence-electron chi connectivity index (χ2n) is 11.3. The van der Waals surface area contributed by atoms with Crippen molar-refractivity contribution in [2.24, 2.45) is 0 Å². The highest BCUT2D eigenvalue weighted by Gasteiger charge is 2.52. The SMILES string of the molecule is Cc1ccc(S(=O)(=O)N(C(C)C)[C@H]2O[C@H](COCc3ccccc3)[C@@H](OCc3ccccc3)[C@H]2OCc2ccccc2)cc1. The number of ether oxygens (including phenoxy) is 4. The van der Waals surface area contributed by atoms with E-state index in [9.17, 15) is 8.42 Å². The first kappa shape index (κ1) is 32.0. The molecule has 8 heteroatoms. The molecule has 0 amide bonds. The van der Waals surface area contributed by atoms with Crippen molar-refractivity contribution in [3.63, 3.8) is 0 Å². The van der Waals surface area contributed by atoms with Gasteiger partial charge in [0.25, 0.3) is 0 Å². The van der Waals surface area contributed by atoms with E-state index in [1.165, 1.54) is 4.31 Å². The van der Waals surface area contributed by atoms with Crippen molar-refractivity contribution < 1.29 is 27.4 Å². The van der Waals surface area contributed by atoms with Gasteiger partial charge in [-0.05, 0) is 49.6 Å². The molecule has 4 atom stereocenters. The quantitative estimate of drug-likeness (QED) is 0.161. The normalized spacial score (nSPS) is 20.4. The van der Waals surface area contributed by atoms with Gasteiger partial charge in [-0.2, -0.15) is 4.31 Å². The van der Waals surface area contributed by atoms with Gasteiger partial charge in [0.15, 0.2) is 6.23 Å². The lowest BCUT2D eigenvalue weighted by molar-refractivity contribution is -0.102. The van der Waals surface area contributed by atoms with E-state index in [4.69, 9.17) is 18.9 Å². The zero-order valence-corrected chi connectivity index (χ0v) is 26.3. The molecular formula is C36H41NO6S. The summed E-state index contributed by atoms with van der Waals surface area (Å²) in [5.41, 5.74) is 3.97. The topological polar surface area (TPSA) is 74.3 Å². The van der Waals surface area contributed by atoms with Crippen LogP contribution in [0.3, 0.4) is 0 Å². The Kier molecular flexibility index (Phi) is 11.0. The third kappa shape index (κ3) is 8.01. The largest absolute Gasteiger partial charge is 0.374 e. The van der Waals surface area contributed by atoms with Crippen molar-refractivity contribution in [1.29, 1.82) is 0 Å². The zero-order valence-electron chi connectivity index (χ0n) is 25.5. The lowest BCUT2D eigenvalue weighted by Crippen LogP contribution is -2.51. The first-order valence-corrected chi connectivity index (χ1v) is 16.5. The fraction of sp³-hybridized carbons (Fsp3) is 0.333. The van der Waals surface area contributed by atoms with E-state index in [0.717, 1.165) is 22.3 Å². The third-order valence-electron chi connectivity index (χ3n) is 7.61. The molecule has 1 saturated heterocycles. The Morgan fingerprint density at radius 1 is 0.682 bits per heavy atom. The van der Waals surface area contributed by atoms with Gasteiger partial charge in [-0.15, -0.1) is 0 Å². The molecule has 5 rings (SSSR count). The lowest BCUT2D eigenvalue weighted by Gasteiger charge is -2.34. The third-order valence-corrected chi connectivity index (χ3v) is 9.66. The van der Waals surface area contributed by atoms with Gasteiger partial charge in [0, 0.05) is 6.04 Å². The van der Waals surface area contributed by atoms with Crippen molar-refractivity contribution in [3.05, 3.63) is 138 Å². The van der Waals surface area contributed by atoms with Gasteiger partial charge in [0.2, 0.25) is 10.0 Å². The van der Waals surface area contributed by atoms with Crippen LogP contribution in [0, 0.1) is 6.92 Å². The number of hydrogen-bond donors (Lipinski definition) is 0. The molecule has 44 heavy (non-hydrogen) atoms. The average Bonchev–Trinajstić information content (AvgIpc) is 3.36. The number of rotatable bonds is 14. The zero-order chi connectivity index (χ0) is 30.9. The first-order chi connectivity index (χ1) is 21.3. The molecule has 0 saturated carbocycles. The second kappa shape index (κ2) is 15.1. The number of benzene rings is 4. The van der Waals surface area contributed by atoms with Gasteiger partial charge in [-0.3, -0.25) is 0 Å². The van der Waals surface area contributed by atoms with E-state index in [-0.39, 0.29) is 18.1 Å². The van der Waals surface area contributed by atoms with Crippen LogP contribution in [-0.4, -0.2) is 49.9 Å². The number of nitrogens with zero attached hydrogens (tertiary/aromatic N) is 1. The minimum absolute atomic E-state index is 0.201. The molecule has 232 valence electrons. The molecule has 0 unspecified atom stereocenters. The van der Waals surface area contributed by atoms with Gasteiger partial charge in [-0.1, -0.05) is 109 Å². The van der Waals surface area contributed by atoms with Gasteiger partial charge in [0.05, 0.1) is 31.3 Å². The van der Waals surface area contributed by atoms with Crippen molar-refractivity contribution in [2.75, 3.05) is 6.61 Å². The molecule has 7 nitrogen and oxygen atoms in total. The van der Waals surface area contributed by atoms with Crippen molar-refractivity contribution in [2.45, 2.75) is 76.1 Å². The molecule has 1 aliphatic heterocycles. The van der Waals surface area contributed by atoms with Gasteiger partial charge in [-0.25, -0.2) is 8.42 Å². The van der Waals surface area contributed by atoms with Crippen LogP contribution < -0.4 is 0 Å². The Morgan fingerprint density at radius 3 is 1.66 bits per heavy atom. The summed E-state index contributed by atoms with van der Waals surface area (Å²) >= 11 is 0. The van der Waals surface area contributed by atoms with Gasteiger partial charge < -0.3 is 18.9 Å². The number of aryl methyl sites for hydroxylation is 1. The summed E-state index contributed by atoms with van der Waals surface area (Å²) in [6.45, 7) is 6.80. The summed E-state index contributed by atoms with van der Waals surface area (Å²) in [5, 5.41) is 0. The Labute approximate surface area is 261 Å². The van der Waals surface area contributed by atoms with Gasteiger partial charge >= 0.3 is 0 Å². The number of sulfonamides is 1. The second-order valence-corrected chi connectivity index (χ2v) is 13.2. The summed E-state index contributed by atoms with van der Waals surface area (Å²) < 4.78 is 55.7. The summed E-state index contributed by atoms with van der Waals surface area (Å²) in [6.07, 6.45) is -2.86. The van der Waals surface area contributed by atoms with Crippen molar-refractivity contribution in [3.8, 4) is 0 Å². The molecular weight excluding hydrogens is 574 g/mol.